The third-order valence-corrected chi connectivity index (χ3v) is 5.01. The van der Waals surface area contributed by atoms with E-state index in [1.807, 2.05) is 13.0 Å². The second kappa shape index (κ2) is 7.93. The number of hydrogen-bond donors (Lipinski definition) is 1. The molecule has 0 saturated carbocycles. The van der Waals surface area contributed by atoms with Crippen molar-refractivity contribution in [2.45, 2.75) is 27.3 Å². The molecular weight excluding hydrogens is 328 g/mol. The summed E-state index contributed by atoms with van der Waals surface area (Å²) in [6.07, 6.45) is 0. The van der Waals surface area contributed by atoms with E-state index >= 15 is 0 Å². The van der Waals surface area contributed by atoms with Gasteiger partial charge in [0.1, 0.15) is 5.82 Å². The Morgan fingerprint density at radius 1 is 1.08 bits per heavy atom. The molecule has 5 heteroatoms. The van der Waals surface area contributed by atoms with Gasteiger partial charge in [-0.25, -0.2) is 4.98 Å². The molecule has 0 spiro atoms. The van der Waals surface area contributed by atoms with Crippen LogP contribution in [-0.2, 0) is 6.54 Å². The summed E-state index contributed by atoms with van der Waals surface area (Å²) in [7, 11) is 0. The standard InChI is InChI=1S/C20H26N4S/c1-15-12-17(3)21-19(13-15)22-20(25)24-10-8-23(9-11-24)14-18-7-5-4-6-16(18)2/h4-7,12-13H,8-11,14H2,1-3H3,(H,21,22,25). The Morgan fingerprint density at radius 3 is 2.48 bits per heavy atom. The van der Waals surface area contributed by atoms with Gasteiger partial charge in [0.25, 0.3) is 0 Å². The molecule has 2 aromatic rings. The molecule has 25 heavy (non-hydrogen) atoms. The highest BCUT2D eigenvalue weighted by Crippen LogP contribution is 2.14. The van der Waals surface area contributed by atoms with Gasteiger partial charge in [0.05, 0.1) is 0 Å². The van der Waals surface area contributed by atoms with Gasteiger partial charge in [-0.1, -0.05) is 24.3 Å². The van der Waals surface area contributed by atoms with E-state index < -0.39 is 0 Å². The Morgan fingerprint density at radius 2 is 1.80 bits per heavy atom. The number of benzene rings is 1. The maximum absolute atomic E-state index is 5.59. The number of thiocarbonyl (C=S) groups is 1. The summed E-state index contributed by atoms with van der Waals surface area (Å²) in [5.41, 5.74) is 4.98. The van der Waals surface area contributed by atoms with Crippen LogP contribution in [0.15, 0.2) is 36.4 Å². The lowest BCUT2D eigenvalue weighted by molar-refractivity contribution is 0.176. The Kier molecular flexibility index (Phi) is 5.66. The first-order valence-corrected chi connectivity index (χ1v) is 9.20. The van der Waals surface area contributed by atoms with Crippen molar-refractivity contribution >= 4 is 23.1 Å². The van der Waals surface area contributed by atoms with Gasteiger partial charge in [0, 0.05) is 38.4 Å². The second-order valence-electron chi connectivity index (χ2n) is 6.79. The Balaban J connectivity index is 1.53. The Hall–Kier alpha value is -1.98. The van der Waals surface area contributed by atoms with Crippen molar-refractivity contribution in [3.8, 4) is 0 Å². The lowest BCUT2D eigenvalue weighted by atomic mass is 10.1. The molecule has 1 saturated heterocycles. The lowest BCUT2D eigenvalue weighted by Crippen LogP contribution is -2.49. The number of anilines is 1. The average Bonchev–Trinajstić information content (AvgIpc) is 2.56. The topological polar surface area (TPSA) is 31.4 Å². The number of nitrogens with zero attached hydrogens (tertiary/aromatic N) is 3. The maximum Gasteiger partial charge on any atom is 0.174 e. The summed E-state index contributed by atoms with van der Waals surface area (Å²) in [4.78, 5) is 9.25. The van der Waals surface area contributed by atoms with Crippen molar-refractivity contribution in [2.75, 3.05) is 31.5 Å². The molecule has 0 bridgehead atoms. The zero-order valence-corrected chi connectivity index (χ0v) is 16.1. The predicted octanol–water partition coefficient (Wildman–Crippen LogP) is 3.52. The third-order valence-electron chi connectivity index (χ3n) is 4.65. The van der Waals surface area contributed by atoms with Gasteiger partial charge in [-0.05, 0) is 61.8 Å². The molecule has 1 fully saturated rings. The zero-order valence-electron chi connectivity index (χ0n) is 15.2. The summed E-state index contributed by atoms with van der Waals surface area (Å²) in [5.74, 6) is 0.838. The van der Waals surface area contributed by atoms with E-state index in [-0.39, 0.29) is 0 Å². The lowest BCUT2D eigenvalue weighted by Gasteiger charge is -2.36. The van der Waals surface area contributed by atoms with E-state index in [9.17, 15) is 0 Å². The van der Waals surface area contributed by atoms with Crippen molar-refractivity contribution < 1.29 is 0 Å². The molecule has 3 rings (SSSR count). The molecule has 0 radical (unpaired) electrons. The summed E-state index contributed by atoms with van der Waals surface area (Å²) in [6.45, 7) is 11.2. The smallest absolute Gasteiger partial charge is 0.174 e. The fourth-order valence-electron chi connectivity index (χ4n) is 3.23. The van der Waals surface area contributed by atoms with Gasteiger partial charge in [0.2, 0.25) is 0 Å². The van der Waals surface area contributed by atoms with E-state index in [4.69, 9.17) is 12.2 Å². The molecule has 132 valence electrons. The first kappa shape index (κ1) is 17.8. The molecule has 1 aliphatic heterocycles. The van der Waals surface area contributed by atoms with Crippen LogP contribution in [-0.4, -0.2) is 46.1 Å². The molecule has 0 unspecified atom stereocenters. The van der Waals surface area contributed by atoms with Gasteiger partial charge in [-0.15, -0.1) is 0 Å². The predicted molar refractivity (Wildman–Crippen MR) is 108 cm³/mol. The summed E-state index contributed by atoms with van der Waals surface area (Å²) < 4.78 is 0. The highest BCUT2D eigenvalue weighted by Gasteiger charge is 2.19. The number of hydrogen-bond acceptors (Lipinski definition) is 3. The first-order chi connectivity index (χ1) is 12.0. The molecule has 0 aliphatic carbocycles. The molecular formula is C20H26N4S. The monoisotopic (exact) mass is 354 g/mol. The van der Waals surface area contributed by atoms with E-state index in [1.54, 1.807) is 0 Å². The minimum absolute atomic E-state index is 0.771. The zero-order chi connectivity index (χ0) is 17.8. The number of rotatable bonds is 3. The van der Waals surface area contributed by atoms with Crippen LogP contribution in [0.3, 0.4) is 0 Å². The normalized spacial score (nSPS) is 15.2. The van der Waals surface area contributed by atoms with E-state index in [0.29, 0.717) is 0 Å². The summed E-state index contributed by atoms with van der Waals surface area (Å²) >= 11 is 5.59. The number of pyridine rings is 1. The largest absolute Gasteiger partial charge is 0.346 e. The van der Waals surface area contributed by atoms with Gasteiger partial charge in [-0.3, -0.25) is 4.90 Å². The van der Waals surface area contributed by atoms with Crippen molar-refractivity contribution in [2.24, 2.45) is 0 Å². The molecule has 1 aromatic heterocycles. The molecule has 1 aliphatic rings. The van der Waals surface area contributed by atoms with Gasteiger partial charge in [0.15, 0.2) is 5.11 Å². The second-order valence-corrected chi connectivity index (χ2v) is 7.18. The SMILES string of the molecule is Cc1cc(C)nc(NC(=S)N2CCN(Cc3ccccc3C)CC2)c1. The Bertz CT molecular complexity index is 731. The van der Waals surface area contributed by atoms with Crippen LogP contribution in [0.1, 0.15) is 22.4 Å². The third kappa shape index (κ3) is 4.77. The van der Waals surface area contributed by atoms with Crippen LogP contribution in [0.2, 0.25) is 0 Å². The molecule has 1 aromatic carbocycles. The quantitative estimate of drug-likeness (QED) is 0.853. The minimum Gasteiger partial charge on any atom is -0.346 e. The van der Waals surface area contributed by atoms with Crippen molar-refractivity contribution in [3.63, 3.8) is 0 Å². The summed E-state index contributed by atoms with van der Waals surface area (Å²) in [6, 6.07) is 12.7. The van der Waals surface area contributed by atoms with Crippen LogP contribution in [0.5, 0.6) is 0 Å². The van der Waals surface area contributed by atoms with Crippen molar-refractivity contribution in [3.05, 3.63) is 58.8 Å². The number of aromatic nitrogens is 1. The molecule has 2 heterocycles. The van der Waals surface area contributed by atoms with Gasteiger partial charge >= 0.3 is 0 Å². The van der Waals surface area contributed by atoms with Crippen LogP contribution in [0.25, 0.3) is 0 Å². The van der Waals surface area contributed by atoms with E-state index in [2.05, 4.69) is 64.3 Å². The van der Waals surface area contributed by atoms with E-state index in [0.717, 1.165) is 49.3 Å². The number of piperazine rings is 1. The van der Waals surface area contributed by atoms with Crippen LogP contribution < -0.4 is 5.32 Å². The maximum atomic E-state index is 5.59. The summed E-state index contributed by atoms with van der Waals surface area (Å²) in [5, 5.41) is 4.07. The van der Waals surface area contributed by atoms with Gasteiger partial charge in [-0.2, -0.15) is 0 Å². The highest BCUT2D eigenvalue weighted by atomic mass is 32.1. The van der Waals surface area contributed by atoms with Crippen LogP contribution in [0, 0.1) is 20.8 Å². The molecule has 1 N–H and O–H groups in total. The van der Waals surface area contributed by atoms with Crippen molar-refractivity contribution in [1.29, 1.82) is 0 Å². The Labute approximate surface area is 155 Å². The minimum atomic E-state index is 0.771. The number of nitrogens with one attached hydrogen (secondary N) is 1. The highest BCUT2D eigenvalue weighted by molar-refractivity contribution is 7.80. The molecule has 0 atom stereocenters. The van der Waals surface area contributed by atoms with Crippen molar-refractivity contribution in [1.82, 2.24) is 14.8 Å². The van der Waals surface area contributed by atoms with Gasteiger partial charge < -0.3 is 10.2 Å². The fourth-order valence-corrected chi connectivity index (χ4v) is 3.52. The van der Waals surface area contributed by atoms with Crippen LogP contribution in [0.4, 0.5) is 5.82 Å². The molecule has 4 nitrogen and oxygen atoms in total. The molecule has 0 amide bonds. The average molecular weight is 355 g/mol. The fraction of sp³-hybridized carbons (Fsp3) is 0.400. The number of aryl methyl sites for hydroxylation is 3. The van der Waals surface area contributed by atoms with Crippen LogP contribution >= 0.6 is 12.2 Å². The van der Waals surface area contributed by atoms with E-state index in [1.165, 1.54) is 16.7 Å². The first-order valence-electron chi connectivity index (χ1n) is 8.79.